The summed E-state index contributed by atoms with van der Waals surface area (Å²) in [6, 6.07) is 5.07. The van der Waals surface area contributed by atoms with E-state index in [1.165, 1.54) is 36.7 Å². The van der Waals surface area contributed by atoms with Gasteiger partial charge in [0.25, 0.3) is 0 Å². The summed E-state index contributed by atoms with van der Waals surface area (Å²) in [5, 5.41) is 4.93. The zero-order valence-corrected chi connectivity index (χ0v) is 11.3. The topological polar surface area (TPSA) is 107 Å². The van der Waals surface area contributed by atoms with Crippen molar-refractivity contribution in [2.45, 2.75) is 13.3 Å². The molecule has 0 unspecified atom stereocenters. The van der Waals surface area contributed by atoms with Gasteiger partial charge in [-0.1, -0.05) is 0 Å². The van der Waals surface area contributed by atoms with E-state index in [0.29, 0.717) is 11.3 Å². The van der Waals surface area contributed by atoms with E-state index in [-0.39, 0.29) is 13.3 Å². The lowest BCUT2D eigenvalue weighted by atomic mass is 10.5. The van der Waals surface area contributed by atoms with Crippen LogP contribution in [0.2, 0.25) is 0 Å². The van der Waals surface area contributed by atoms with Gasteiger partial charge in [0.15, 0.2) is 0 Å². The maximum Gasteiger partial charge on any atom is 0.247 e. The molecule has 2 rings (SSSR count). The van der Waals surface area contributed by atoms with Crippen molar-refractivity contribution >= 4 is 31.2 Å². The molecule has 0 aliphatic rings. The smallest absolute Gasteiger partial charge is 0.247 e. The maximum atomic E-state index is 12.1. The van der Waals surface area contributed by atoms with Gasteiger partial charge in [-0.3, -0.25) is 4.98 Å². The predicted molar refractivity (Wildman–Crippen MR) is 65.4 cm³/mol. The van der Waals surface area contributed by atoms with Crippen LogP contribution in [-0.4, -0.2) is 21.8 Å². The fraction of sp³-hybridized carbons (Fsp3) is 0. The molecule has 6 nitrogen and oxygen atoms in total. The molecular weight excluding hydrogens is 296 g/mol. The van der Waals surface area contributed by atoms with Gasteiger partial charge in [0.1, 0.15) is 8.42 Å². The van der Waals surface area contributed by atoms with Crippen LogP contribution in [0, 0.1) is 0 Å². The van der Waals surface area contributed by atoms with Crippen LogP contribution < -0.4 is 5.14 Å². The normalized spacial score (nSPS) is 12.5. The number of nitrogens with two attached hydrogens (primary N) is 1. The minimum Gasteiger partial charge on any atom is -0.265 e. The van der Waals surface area contributed by atoms with E-state index in [1.54, 1.807) is 0 Å². The second-order valence-electron chi connectivity index (χ2n) is 3.30. The minimum absolute atomic E-state index is 0.0559. The SMILES string of the molecule is NS(=O)(=O)c1ccc(S(=O)(=O)c2ccncc2)s1. The average Bonchev–Trinajstić information content (AvgIpc) is 2.79. The van der Waals surface area contributed by atoms with Crippen LogP contribution in [0.25, 0.3) is 0 Å². The summed E-state index contributed by atoms with van der Waals surface area (Å²) in [4.78, 5) is 3.78. The summed E-state index contributed by atoms with van der Waals surface area (Å²) in [6.45, 7) is 0. The first kappa shape index (κ1) is 13.1. The highest BCUT2D eigenvalue weighted by atomic mass is 32.3. The van der Waals surface area contributed by atoms with Gasteiger partial charge in [0.2, 0.25) is 19.9 Å². The first-order valence-electron chi connectivity index (χ1n) is 4.59. The van der Waals surface area contributed by atoms with E-state index in [2.05, 4.69) is 4.98 Å². The number of nitrogens with zero attached hydrogens (tertiary/aromatic N) is 1. The zero-order valence-electron chi connectivity index (χ0n) is 8.85. The van der Waals surface area contributed by atoms with Gasteiger partial charge in [-0.15, -0.1) is 11.3 Å². The third-order valence-corrected chi connectivity index (χ3v) is 6.85. The number of hydrogen-bond acceptors (Lipinski definition) is 6. The molecule has 0 saturated heterocycles. The Morgan fingerprint density at radius 2 is 1.50 bits per heavy atom. The number of sulfone groups is 1. The van der Waals surface area contributed by atoms with Gasteiger partial charge in [0.05, 0.1) is 4.90 Å². The van der Waals surface area contributed by atoms with Crippen molar-refractivity contribution in [3.63, 3.8) is 0 Å². The number of primary sulfonamides is 1. The summed E-state index contributed by atoms with van der Waals surface area (Å²) in [6.07, 6.45) is 2.70. The molecule has 0 saturated carbocycles. The lowest BCUT2D eigenvalue weighted by molar-refractivity contribution is 0.597. The number of hydrogen-bond donors (Lipinski definition) is 1. The van der Waals surface area contributed by atoms with Crippen LogP contribution in [0.1, 0.15) is 0 Å². The molecule has 0 bridgehead atoms. The summed E-state index contributed by atoms with van der Waals surface area (Å²) in [7, 11) is -7.60. The molecule has 0 aromatic carbocycles. The highest BCUT2D eigenvalue weighted by molar-refractivity contribution is 7.95. The molecule has 96 valence electrons. The Hall–Kier alpha value is -1.29. The number of rotatable bonds is 3. The van der Waals surface area contributed by atoms with Crippen molar-refractivity contribution in [3.8, 4) is 0 Å². The Morgan fingerprint density at radius 1 is 0.944 bits per heavy atom. The number of sulfonamides is 1. The van der Waals surface area contributed by atoms with Crippen LogP contribution in [0.5, 0.6) is 0 Å². The highest BCUT2D eigenvalue weighted by Crippen LogP contribution is 2.29. The Kier molecular flexibility index (Phi) is 3.23. The lowest BCUT2D eigenvalue weighted by Crippen LogP contribution is -2.09. The Morgan fingerprint density at radius 3 is 2.00 bits per heavy atom. The molecule has 0 amide bonds. The van der Waals surface area contributed by atoms with Crippen molar-refractivity contribution in [1.29, 1.82) is 0 Å². The molecule has 2 aromatic heterocycles. The van der Waals surface area contributed by atoms with E-state index >= 15 is 0 Å². The Labute approximate surface area is 108 Å². The molecule has 2 heterocycles. The van der Waals surface area contributed by atoms with Crippen LogP contribution in [0.4, 0.5) is 0 Å². The monoisotopic (exact) mass is 304 g/mol. The number of thiophene rings is 1. The molecule has 2 N–H and O–H groups in total. The van der Waals surface area contributed by atoms with Gasteiger partial charge in [-0.05, 0) is 24.3 Å². The van der Waals surface area contributed by atoms with Crippen molar-refractivity contribution < 1.29 is 16.8 Å². The fourth-order valence-electron chi connectivity index (χ4n) is 1.23. The molecule has 0 spiro atoms. The van der Waals surface area contributed by atoms with Gasteiger partial charge in [0, 0.05) is 12.4 Å². The van der Waals surface area contributed by atoms with Crippen molar-refractivity contribution in [3.05, 3.63) is 36.7 Å². The molecule has 0 aliphatic carbocycles. The largest absolute Gasteiger partial charge is 0.265 e. The van der Waals surface area contributed by atoms with Crippen molar-refractivity contribution in [1.82, 2.24) is 4.98 Å². The predicted octanol–water partition coefficient (Wildman–Crippen LogP) is 0.623. The summed E-state index contributed by atoms with van der Waals surface area (Å²) >= 11 is 0.620. The van der Waals surface area contributed by atoms with Crippen molar-refractivity contribution in [2.75, 3.05) is 0 Å². The van der Waals surface area contributed by atoms with Gasteiger partial charge in [-0.2, -0.15) is 0 Å². The first-order valence-corrected chi connectivity index (χ1v) is 8.44. The molecule has 0 radical (unpaired) electrons. The van der Waals surface area contributed by atoms with E-state index in [9.17, 15) is 16.8 Å². The van der Waals surface area contributed by atoms with Crippen LogP contribution in [-0.2, 0) is 19.9 Å². The van der Waals surface area contributed by atoms with Crippen LogP contribution in [0.3, 0.4) is 0 Å². The minimum atomic E-state index is -3.88. The molecule has 18 heavy (non-hydrogen) atoms. The van der Waals surface area contributed by atoms with E-state index < -0.39 is 19.9 Å². The fourth-order valence-corrected chi connectivity index (χ4v) is 4.81. The van der Waals surface area contributed by atoms with Crippen molar-refractivity contribution in [2.24, 2.45) is 5.14 Å². The van der Waals surface area contributed by atoms with Crippen LogP contribution >= 0.6 is 11.3 Å². The van der Waals surface area contributed by atoms with E-state index in [4.69, 9.17) is 5.14 Å². The Bertz CT molecular complexity index is 763. The van der Waals surface area contributed by atoms with Gasteiger partial charge < -0.3 is 0 Å². The summed E-state index contributed by atoms with van der Waals surface area (Å²) < 4.78 is 46.2. The molecule has 9 heteroatoms. The summed E-state index contributed by atoms with van der Waals surface area (Å²) in [5.74, 6) is 0. The standard InChI is InChI=1S/C9H8N2O4S3/c10-18(14,15)9-2-1-8(16-9)17(12,13)7-3-5-11-6-4-7/h1-6H,(H2,10,14,15). The van der Waals surface area contributed by atoms with E-state index in [0.717, 1.165) is 0 Å². The molecular formula is C9H8N2O4S3. The zero-order chi connectivity index (χ0) is 13.4. The first-order chi connectivity index (χ1) is 8.32. The molecule has 0 aliphatic heterocycles. The highest BCUT2D eigenvalue weighted by Gasteiger charge is 2.22. The lowest BCUT2D eigenvalue weighted by Gasteiger charge is -1.99. The number of aromatic nitrogens is 1. The quantitative estimate of drug-likeness (QED) is 0.894. The van der Waals surface area contributed by atoms with Crippen LogP contribution in [0.15, 0.2) is 50.0 Å². The third kappa shape index (κ3) is 2.43. The average molecular weight is 304 g/mol. The molecule has 2 aromatic rings. The number of pyridine rings is 1. The summed E-state index contributed by atoms with van der Waals surface area (Å²) in [5.41, 5.74) is 0. The second kappa shape index (κ2) is 4.43. The van der Waals surface area contributed by atoms with Gasteiger partial charge in [-0.25, -0.2) is 22.0 Å². The third-order valence-electron chi connectivity index (χ3n) is 2.06. The molecule has 0 fully saturated rings. The second-order valence-corrected chi connectivity index (χ2v) is 8.35. The van der Waals surface area contributed by atoms with E-state index in [1.807, 2.05) is 0 Å². The molecule has 0 atom stereocenters. The van der Waals surface area contributed by atoms with Gasteiger partial charge >= 0.3 is 0 Å². The Balaban J connectivity index is 2.54. The maximum absolute atomic E-state index is 12.1.